The summed E-state index contributed by atoms with van der Waals surface area (Å²) in [5.41, 5.74) is 0.877. The van der Waals surface area contributed by atoms with E-state index in [0.29, 0.717) is 17.7 Å². The molecule has 0 saturated carbocycles. The summed E-state index contributed by atoms with van der Waals surface area (Å²) >= 11 is 0. The van der Waals surface area contributed by atoms with Gasteiger partial charge in [0.1, 0.15) is 0 Å². The maximum absolute atomic E-state index is 13.5. The maximum atomic E-state index is 13.5. The molecule has 0 heterocycles. The van der Waals surface area contributed by atoms with Crippen LogP contribution in [0.3, 0.4) is 0 Å². The van der Waals surface area contributed by atoms with Gasteiger partial charge in [-0.05, 0) is 31.4 Å². The van der Waals surface area contributed by atoms with E-state index in [9.17, 15) is 9.59 Å². The number of amides is 1. The Kier molecular flexibility index (Phi) is 18.2. The lowest BCUT2D eigenvalue weighted by molar-refractivity contribution is 0.0492. The van der Waals surface area contributed by atoms with Gasteiger partial charge in [-0.15, -0.1) is 0 Å². The molecule has 0 aromatic heterocycles. The first-order valence-corrected chi connectivity index (χ1v) is 14.2. The molecule has 4 heteroatoms. The molecule has 0 radical (unpaired) electrons. The molecular weight excluding hydrogens is 422 g/mol. The van der Waals surface area contributed by atoms with Crippen molar-refractivity contribution in [1.29, 1.82) is 0 Å². The van der Waals surface area contributed by atoms with E-state index in [4.69, 9.17) is 4.74 Å². The summed E-state index contributed by atoms with van der Waals surface area (Å²) < 4.78 is 5.42. The predicted molar refractivity (Wildman–Crippen MR) is 144 cm³/mol. The first-order chi connectivity index (χ1) is 16.7. The van der Waals surface area contributed by atoms with Crippen LogP contribution >= 0.6 is 0 Å². The van der Waals surface area contributed by atoms with Gasteiger partial charge in [-0.2, -0.15) is 0 Å². The molecule has 0 spiro atoms. The van der Waals surface area contributed by atoms with E-state index in [-0.39, 0.29) is 11.9 Å². The average molecular weight is 474 g/mol. The standard InChI is InChI=1S/C30H51NO3/c1-4-7-10-12-14-16-20-24-31(25-21-17-15-13-11-8-5-2)29(32)27-22-18-19-23-28(27)30(33)34-26-9-6-3/h18-19,22-23H,4-17,20-21,24-26H2,1-3H3. The molecule has 0 aliphatic carbocycles. The second-order valence-corrected chi connectivity index (χ2v) is 9.57. The summed E-state index contributed by atoms with van der Waals surface area (Å²) in [6, 6.07) is 7.15. The molecule has 0 atom stereocenters. The van der Waals surface area contributed by atoms with Gasteiger partial charge in [-0.3, -0.25) is 4.79 Å². The number of hydrogen-bond donors (Lipinski definition) is 0. The molecule has 0 bridgehead atoms. The first kappa shape index (κ1) is 30.2. The second-order valence-electron chi connectivity index (χ2n) is 9.57. The van der Waals surface area contributed by atoms with Crippen molar-refractivity contribution in [2.45, 2.75) is 124 Å². The van der Waals surface area contributed by atoms with Gasteiger partial charge in [-0.25, -0.2) is 4.79 Å². The van der Waals surface area contributed by atoms with E-state index in [1.54, 1.807) is 12.1 Å². The third kappa shape index (κ3) is 13.2. The highest BCUT2D eigenvalue weighted by Crippen LogP contribution is 2.17. The Morgan fingerprint density at radius 3 is 1.56 bits per heavy atom. The molecule has 0 N–H and O–H groups in total. The number of hydrogen-bond acceptors (Lipinski definition) is 3. The molecule has 0 saturated heterocycles. The van der Waals surface area contributed by atoms with E-state index >= 15 is 0 Å². The number of carbonyl (C=O) groups excluding carboxylic acids is 2. The van der Waals surface area contributed by atoms with Crippen LogP contribution in [0.4, 0.5) is 0 Å². The summed E-state index contributed by atoms with van der Waals surface area (Å²) in [5.74, 6) is -0.413. The lowest BCUT2D eigenvalue weighted by Crippen LogP contribution is -2.34. The molecule has 1 aromatic carbocycles. The van der Waals surface area contributed by atoms with Gasteiger partial charge >= 0.3 is 5.97 Å². The normalized spacial score (nSPS) is 10.9. The molecule has 34 heavy (non-hydrogen) atoms. The predicted octanol–water partition coefficient (Wildman–Crippen LogP) is 8.59. The van der Waals surface area contributed by atoms with Crippen LogP contribution in [0.25, 0.3) is 0 Å². The number of unbranched alkanes of at least 4 members (excludes halogenated alkanes) is 13. The summed E-state index contributed by atoms with van der Waals surface area (Å²) in [5, 5.41) is 0. The third-order valence-electron chi connectivity index (χ3n) is 6.46. The van der Waals surface area contributed by atoms with Crippen molar-refractivity contribution in [1.82, 2.24) is 4.90 Å². The first-order valence-electron chi connectivity index (χ1n) is 14.2. The van der Waals surface area contributed by atoms with Gasteiger partial charge in [-0.1, -0.05) is 116 Å². The van der Waals surface area contributed by atoms with E-state index in [2.05, 4.69) is 20.8 Å². The molecular formula is C30H51NO3. The fourth-order valence-corrected chi connectivity index (χ4v) is 4.24. The molecule has 0 aliphatic heterocycles. The van der Waals surface area contributed by atoms with Crippen LogP contribution in [0, 0.1) is 0 Å². The number of rotatable bonds is 21. The van der Waals surface area contributed by atoms with Crippen LogP contribution in [0.2, 0.25) is 0 Å². The minimum absolute atomic E-state index is 0.0278. The minimum atomic E-state index is -0.385. The van der Waals surface area contributed by atoms with Crippen LogP contribution < -0.4 is 0 Å². The Labute approximate surface area is 209 Å². The van der Waals surface area contributed by atoms with Gasteiger partial charge < -0.3 is 9.64 Å². The lowest BCUT2D eigenvalue weighted by Gasteiger charge is -2.24. The van der Waals surface area contributed by atoms with Gasteiger partial charge in [0.25, 0.3) is 5.91 Å². The summed E-state index contributed by atoms with van der Waals surface area (Å²) in [7, 11) is 0. The molecule has 1 aromatic rings. The van der Waals surface area contributed by atoms with E-state index in [0.717, 1.165) is 51.6 Å². The zero-order chi connectivity index (χ0) is 24.9. The van der Waals surface area contributed by atoms with E-state index in [1.807, 2.05) is 17.0 Å². The topological polar surface area (TPSA) is 46.6 Å². The van der Waals surface area contributed by atoms with Crippen molar-refractivity contribution in [2.24, 2.45) is 0 Å². The molecule has 1 rings (SSSR count). The van der Waals surface area contributed by atoms with E-state index < -0.39 is 0 Å². The highest BCUT2D eigenvalue weighted by molar-refractivity contribution is 6.05. The smallest absolute Gasteiger partial charge is 0.338 e. The van der Waals surface area contributed by atoms with Crippen molar-refractivity contribution in [3.8, 4) is 0 Å². The Balaban J connectivity index is 2.71. The quantitative estimate of drug-likeness (QED) is 0.133. The third-order valence-corrected chi connectivity index (χ3v) is 6.46. The maximum Gasteiger partial charge on any atom is 0.338 e. The van der Waals surface area contributed by atoms with Crippen molar-refractivity contribution in [2.75, 3.05) is 19.7 Å². The SMILES string of the molecule is CCCCCCCCCN(CCCCCCCCC)C(=O)c1ccccc1C(=O)OCCCC. The van der Waals surface area contributed by atoms with Gasteiger partial charge in [0.05, 0.1) is 17.7 Å². The van der Waals surface area contributed by atoms with Crippen LogP contribution in [-0.2, 0) is 4.74 Å². The summed E-state index contributed by atoms with van der Waals surface area (Å²) in [4.78, 5) is 28.2. The number of benzene rings is 1. The Bertz CT molecular complexity index is 640. The zero-order valence-electron chi connectivity index (χ0n) is 22.4. The van der Waals surface area contributed by atoms with Gasteiger partial charge in [0.2, 0.25) is 0 Å². The molecule has 1 amide bonds. The second kappa shape index (κ2) is 20.5. The Morgan fingerprint density at radius 2 is 1.06 bits per heavy atom. The fraction of sp³-hybridized carbons (Fsp3) is 0.733. The Morgan fingerprint density at radius 1 is 0.618 bits per heavy atom. The number of ether oxygens (including phenoxy) is 1. The molecule has 0 aliphatic rings. The van der Waals surface area contributed by atoms with Gasteiger partial charge in [0, 0.05) is 13.1 Å². The molecule has 194 valence electrons. The monoisotopic (exact) mass is 473 g/mol. The molecule has 4 nitrogen and oxygen atoms in total. The zero-order valence-corrected chi connectivity index (χ0v) is 22.4. The largest absolute Gasteiger partial charge is 0.462 e. The van der Waals surface area contributed by atoms with Gasteiger partial charge in [0.15, 0.2) is 0 Å². The van der Waals surface area contributed by atoms with Crippen molar-refractivity contribution < 1.29 is 14.3 Å². The number of carbonyl (C=O) groups is 2. The summed E-state index contributed by atoms with van der Waals surface area (Å²) in [6.07, 6.45) is 19.0. The fourth-order valence-electron chi connectivity index (χ4n) is 4.24. The lowest BCUT2D eigenvalue weighted by atomic mass is 10.0. The number of esters is 1. The highest BCUT2D eigenvalue weighted by Gasteiger charge is 2.22. The van der Waals surface area contributed by atoms with Crippen molar-refractivity contribution >= 4 is 11.9 Å². The van der Waals surface area contributed by atoms with Crippen molar-refractivity contribution in [3.63, 3.8) is 0 Å². The van der Waals surface area contributed by atoms with Crippen LogP contribution in [0.5, 0.6) is 0 Å². The average Bonchev–Trinajstić information content (AvgIpc) is 2.86. The van der Waals surface area contributed by atoms with E-state index in [1.165, 1.54) is 64.2 Å². The number of nitrogens with zero attached hydrogens (tertiary/aromatic N) is 1. The van der Waals surface area contributed by atoms with Crippen molar-refractivity contribution in [3.05, 3.63) is 35.4 Å². The highest BCUT2D eigenvalue weighted by atomic mass is 16.5. The molecule has 0 unspecified atom stereocenters. The minimum Gasteiger partial charge on any atom is -0.462 e. The Hall–Kier alpha value is -1.84. The molecule has 0 fully saturated rings. The van der Waals surface area contributed by atoms with Crippen LogP contribution in [0.15, 0.2) is 24.3 Å². The van der Waals surface area contributed by atoms with Crippen LogP contribution in [0.1, 0.15) is 144 Å². The van der Waals surface area contributed by atoms with Crippen LogP contribution in [-0.4, -0.2) is 36.5 Å². The summed E-state index contributed by atoms with van der Waals surface area (Å²) in [6.45, 7) is 8.48.